The molecule has 0 aliphatic heterocycles. The van der Waals surface area contributed by atoms with Crippen LogP contribution in [-0.4, -0.2) is 52.1 Å². The van der Waals surface area contributed by atoms with Crippen LogP contribution in [0.3, 0.4) is 0 Å². The number of benzene rings is 2. The molecule has 0 bridgehead atoms. The number of amides is 3. The smallest absolute Gasteiger partial charge is 0.408 e. The monoisotopic (exact) mass is 551 g/mol. The van der Waals surface area contributed by atoms with E-state index in [-0.39, 0.29) is 30.0 Å². The molecule has 8 nitrogen and oxygen atoms in total. The van der Waals surface area contributed by atoms with Crippen molar-refractivity contribution in [3.63, 3.8) is 0 Å². The van der Waals surface area contributed by atoms with Crippen molar-refractivity contribution < 1.29 is 24.2 Å². The van der Waals surface area contributed by atoms with Crippen LogP contribution < -0.4 is 10.6 Å². The Hall–Kier alpha value is -3.55. The molecule has 3 rings (SSSR count). The van der Waals surface area contributed by atoms with Crippen LogP contribution in [0.2, 0.25) is 0 Å². The SMILES string of the molecule is CCCCCNC(=O)C(c1ccc(CC)cc1)N(C(=O)C(Cc1ccc(O)cc1)NC(=O)OC(C)(C)C)C1CC1. The normalized spacial score (nSPS) is 14.6. The number of alkyl carbamates (subject to hydrolysis) is 1. The van der Waals surface area contributed by atoms with Gasteiger partial charge in [0.2, 0.25) is 11.8 Å². The summed E-state index contributed by atoms with van der Waals surface area (Å²) in [6.07, 6.45) is 4.84. The minimum absolute atomic E-state index is 0.104. The highest BCUT2D eigenvalue weighted by Gasteiger charge is 2.44. The number of nitrogens with one attached hydrogen (secondary N) is 2. The molecule has 0 spiro atoms. The summed E-state index contributed by atoms with van der Waals surface area (Å²) < 4.78 is 5.49. The molecular formula is C32H45N3O5. The Kier molecular flexibility index (Phi) is 11.0. The van der Waals surface area contributed by atoms with E-state index in [1.807, 2.05) is 24.3 Å². The molecule has 2 aromatic rings. The molecular weight excluding hydrogens is 506 g/mol. The third kappa shape index (κ3) is 9.28. The number of carbonyl (C=O) groups excluding carboxylic acids is 3. The number of carbonyl (C=O) groups is 3. The summed E-state index contributed by atoms with van der Waals surface area (Å²) in [5.74, 6) is -0.447. The molecule has 2 atom stereocenters. The summed E-state index contributed by atoms with van der Waals surface area (Å²) in [6.45, 7) is 10.0. The zero-order chi connectivity index (χ0) is 29.3. The van der Waals surface area contributed by atoms with E-state index < -0.39 is 23.8 Å². The molecule has 1 aliphatic carbocycles. The minimum Gasteiger partial charge on any atom is -0.508 e. The third-order valence-electron chi connectivity index (χ3n) is 6.87. The Morgan fingerprint density at radius 2 is 1.60 bits per heavy atom. The number of ether oxygens (including phenoxy) is 1. The second kappa shape index (κ2) is 14.2. The van der Waals surface area contributed by atoms with Gasteiger partial charge in [-0.3, -0.25) is 9.59 Å². The van der Waals surface area contributed by atoms with E-state index in [1.165, 1.54) is 0 Å². The van der Waals surface area contributed by atoms with Gasteiger partial charge >= 0.3 is 6.09 Å². The van der Waals surface area contributed by atoms with E-state index in [0.717, 1.165) is 55.2 Å². The van der Waals surface area contributed by atoms with Crippen LogP contribution in [0.25, 0.3) is 0 Å². The summed E-state index contributed by atoms with van der Waals surface area (Å²) in [7, 11) is 0. The van der Waals surface area contributed by atoms with Gasteiger partial charge in [-0.15, -0.1) is 0 Å². The Morgan fingerprint density at radius 1 is 0.975 bits per heavy atom. The molecule has 0 saturated heterocycles. The molecule has 0 aromatic heterocycles. The number of unbranched alkanes of at least 4 members (excludes halogenated alkanes) is 2. The minimum atomic E-state index is -0.967. The van der Waals surface area contributed by atoms with Gasteiger partial charge < -0.3 is 25.4 Å². The summed E-state index contributed by atoms with van der Waals surface area (Å²) >= 11 is 0. The van der Waals surface area contributed by atoms with E-state index in [1.54, 1.807) is 49.9 Å². The number of rotatable bonds is 13. The number of hydrogen-bond acceptors (Lipinski definition) is 5. The topological polar surface area (TPSA) is 108 Å². The lowest BCUT2D eigenvalue weighted by molar-refractivity contribution is -0.143. The predicted molar refractivity (Wildman–Crippen MR) is 156 cm³/mol. The summed E-state index contributed by atoms with van der Waals surface area (Å²) in [6, 6.07) is 12.5. The van der Waals surface area contributed by atoms with Crippen molar-refractivity contribution in [2.45, 2.75) is 103 Å². The van der Waals surface area contributed by atoms with Crippen molar-refractivity contribution in [3.8, 4) is 5.75 Å². The molecule has 0 radical (unpaired) electrons. The average Bonchev–Trinajstić information content (AvgIpc) is 3.74. The second-order valence-corrected chi connectivity index (χ2v) is 11.5. The first kappa shape index (κ1) is 31.0. The number of hydrogen-bond donors (Lipinski definition) is 3. The van der Waals surface area contributed by atoms with Gasteiger partial charge in [0.25, 0.3) is 0 Å². The van der Waals surface area contributed by atoms with Gasteiger partial charge in [0.1, 0.15) is 23.4 Å². The van der Waals surface area contributed by atoms with Crippen molar-refractivity contribution in [2.24, 2.45) is 0 Å². The lowest BCUT2D eigenvalue weighted by Gasteiger charge is -2.35. The fourth-order valence-electron chi connectivity index (χ4n) is 4.63. The Balaban J connectivity index is 1.96. The summed E-state index contributed by atoms with van der Waals surface area (Å²) in [5.41, 5.74) is 1.91. The Labute approximate surface area is 238 Å². The second-order valence-electron chi connectivity index (χ2n) is 11.5. The van der Waals surface area contributed by atoms with Crippen LogP contribution in [0, 0.1) is 0 Å². The van der Waals surface area contributed by atoms with Crippen molar-refractivity contribution in [2.75, 3.05) is 6.54 Å². The Morgan fingerprint density at radius 3 is 2.15 bits per heavy atom. The molecule has 1 saturated carbocycles. The van der Waals surface area contributed by atoms with E-state index in [2.05, 4.69) is 24.5 Å². The van der Waals surface area contributed by atoms with Crippen molar-refractivity contribution in [3.05, 3.63) is 65.2 Å². The molecule has 40 heavy (non-hydrogen) atoms. The Bertz CT molecular complexity index is 1120. The van der Waals surface area contributed by atoms with Gasteiger partial charge in [-0.2, -0.15) is 0 Å². The number of aromatic hydroxyl groups is 1. The van der Waals surface area contributed by atoms with Crippen LogP contribution in [0.15, 0.2) is 48.5 Å². The highest BCUT2D eigenvalue weighted by molar-refractivity contribution is 5.92. The fraction of sp³-hybridized carbons (Fsp3) is 0.531. The largest absolute Gasteiger partial charge is 0.508 e. The first-order valence-corrected chi connectivity index (χ1v) is 14.5. The number of nitrogens with zero attached hydrogens (tertiary/aromatic N) is 1. The first-order valence-electron chi connectivity index (χ1n) is 14.5. The maximum atomic E-state index is 14.3. The maximum Gasteiger partial charge on any atom is 0.408 e. The van der Waals surface area contributed by atoms with Crippen molar-refractivity contribution >= 4 is 17.9 Å². The third-order valence-corrected chi connectivity index (χ3v) is 6.87. The van der Waals surface area contributed by atoms with Crippen LogP contribution in [-0.2, 0) is 27.2 Å². The van der Waals surface area contributed by atoms with Gasteiger partial charge in [0.15, 0.2) is 0 Å². The van der Waals surface area contributed by atoms with Gasteiger partial charge in [0, 0.05) is 19.0 Å². The average molecular weight is 552 g/mol. The van der Waals surface area contributed by atoms with Crippen molar-refractivity contribution in [1.82, 2.24) is 15.5 Å². The van der Waals surface area contributed by atoms with Gasteiger partial charge in [-0.05, 0) is 75.3 Å². The molecule has 8 heteroatoms. The highest BCUT2D eigenvalue weighted by atomic mass is 16.6. The molecule has 1 fully saturated rings. The number of aryl methyl sites for hydroxylation is 1. The molecule has 2 unspecified atom stereocenters. The lowest BCUT2D eigenvalue weighted by Crippen LogP contribution is -2.54. The molecule has 0 heterocycles. The molecule has 3 amide bonds. The standard InChI is InChI=1S/C32H45N3O5/c1-6-8-9-20-33-29(37)28(24-14-10-22(7-2)11-15-24)35(25-16-17-25)30(38)27(34-31(39)40-32(3,4)5)21-23-12-18-26(36)19-13-23/h10-15,18-19,25,27-28,36H,6-9,16-17,20-21H2,1-5H3,(H,33,37)(H,34,39). The quantitative estimate of drug-likeness (QED) is 0.288. The van der Waals surface area contributed by atoms with E-state index in [9.17, 15) is 19.5 Å². The molecule has 1 aliphatic rings. The van der Waals surface area contributed by atoms with Gasteiger partial charge in [0.05, 0.1) is 0 Å². The summed E-state index contributed by atoms with van der Waals surface area (Å²) in [4.78, 5) is 42.6. The lowest BCUT2D eigenvalue weighted by atomic mass is 9.98. The van der Waals surface area contributed by atoms with E-state index in [4.69, 9.17) is 4.74 Å². The molecule has 3 N–H and O–H groups in total. The molecule has 218 valence electrons. The van der Waals surface area contributed by atoms with Crippen LogP contribution >= 0.6 is 0 Å². The predicted octanol–water partition coefficient (Wildman–Crippen LogP) is 5.43. The van der Waals surface area contributed by atoms with Crippen LogP contribution in [0.1, 0.15) is 89.5 Å². The highest BCUT2D eigenvalue weighted by Crippen LogP contribution is 2.36. The number of phenolic OH excluding ortho intramolecular Hbond substituents is 1. The summed E-state index contributed by atoms with van der Waals surface area (Å²) in [5, 5.41) is 15.6. The first-order chi connectivity index (χ1) is 19.0. The van der Waals surface area contributed by atoms with Gasteiger partial charge in [-0.25, -0.2) is 4.79 Å². The zero-order valence-electron chi connectivity index (χ0n) is 24.5. The zero-order valence-corrected chi connectivity index (χ0v) is 24.5. The number of phenols is 1. The molecule has 2 aromatic carbocycles. The maximum absolute atomic E-state index is 14.3. The van der Waals surface area contributed by atoms with Crippen LogP contribution in [0.4, 0.5) is 4.79 Å². The van der Waals surface area contributed by atoms with E-state index in [0.29, 0.717) is 6.54 Å². The van der Waals surface area contributed by atoms with E-state index >= 15 is 0 Å². The van der Waals surface area contributed by atoms with Crippen molar-refractivity contribution in [1.29, 1.82) is 0 Å². The van der Waals surface area contributed by atoms with Gasteiger partial charge in [-0.1, -0.05) is 63.1 Å². The van der Waals surface area contributed by atoms with Crippen LogP contribution in [0.5, 0.6) is 5.75 Å². The fourth-order valence-corrected chi connectivity index (χ4v) is 4.63.